The quantitative estimate of drug-likeness (QED) is 0.735. The summed E-state index contributed by atoms with van der Waals surface area (Å²) in [7, 11) is 0. The van der Waals surface area contributed by atoms with Crippen molar-refractivity contribution in [1.82, 2.24) is 10.2 Å². The maximum Gasteiger partial charge on any atom is 0.0205 e. The summed E-state index contributed by atoms with van der Waals surface area (Å²) < 4.78 is 0. The van der Waals surface area contributed by atoms with Crippen LogP contribution in [0.25, 0.3) is 0 Å². The standard InChI is InChI=1S/C10H19ClN2/c1-8(4-11)6-13-7-9(2)12-5-10(13)3/h4,9-10,12H,5-7H2,1-3H3. The van der Waals surface area contributed by atoms with E-state index in [4.69, 9.17) is 11.6 Å². The largest absolute Gasteiger partial charge is 0.311 e. The molecule has 0 bridgehead atoms. The minimum atomic E-state index is 0.597. The zero-order valence-electron chi connectivity index (χ0n) is 8.68. The molecule has 1 aliphatic heterocycles. The Labute approximate surface area is 85.9 Å². The second-order valence-corrected chi connectivity index (χ2v) is 4.26. The van der Waals surface area contributed by atoms with E-state index < -0.39 is 0 Å². The van der Waals surface area contributed by atoms with Gasteiger partial charge < -0.3 is 5.32 Å². The number of halogens is 1. The number of hydrogen-bond donors (Lipinski definition) is 1. The molecule has 2 unspecified atom stereocenters. The average molecular weight is 203 g/mol. The van der Waals surface area contributed by atoms with Gasteiger partial charge >= 0.3 is 0 Å². The normalized spacial score (nSPS) is 32.2. The zero-order valence-corrected chi connectivity index (χ0v) is 9.43. The molecule has 0 aromatic heterocycles. The monoisotopic (exact) mass is 202 g/mol. The molecule has 1 heterocycles. The zero-order chi connectivity index (χ0) is 9.84. The van der Waals surface area contributed by atoms with Crippen LogP contribution < -0.4 is 5.32 Å². The Bertz CT molecular complexity index is 191. The fraction of sp³-hybridized carbons (Fsp3) is 0.800. The summed E-state index contributed by atoms with van der Waals surface area (Å²) in [6.45, 7) is 9.74. The second kappa shape index (κ2) is 4.99. The van der Waals surface area contributed by atoms with Gasteiger partial charge in [-0.3, -0.25) is 4.90 Å². The molecule has 1 N–H and O–H groups in total. The lowest BCUT2D eigenvalue weighted by atomic mass is 10.1. The van der Waals surface area contributed by atoms with E-state index in [-0.39, 0.29) is 0 Å². The summed E-state index contributed by atoms with van der Waals surface area (Å²) in [6.07, 6.45) is 0. The molecule has 0 aromatic carbocycles. The third kappa shape index (κ3) is 3.29. The van der Waals surface area contributed by atoms with Crippen LogP contribution >= 0.6 is 11.6 Å². The SMILES string of the molecule is CC(=CCl)CN1CC(C)NCC1C. The Morgan fingerprint density at radius 2 is 2.31 bits per heavy atom. The third-order valence-corrected chi connectivity index (χ3v) is 2.90. The Hall–Kier alpha value is -0.0500. The highest BCUT2D eigenvalue weighted by atomic mass is 35.5. The van der Waals surface area contributed by atoms with Crippen molar-refractivity contribution in [3.8, 4) is 0 Å². The number of nitrogens with zero attached hydrogens (tertiary/aromatic N) is 1. The predicted molar refractivity (Wildman–Crippen MR) is 58.1 cm³/mol. The van der Waals surface area contributed by atoms with Crippen molar-refractivity contribution in [2.24, 2.45) is 0 Å². The highest BCUT2D eigenvalue weighted by Crippen LogP contribution is 2.09. The maximum atomic E-state index is 5.65. The Balaban J connectivity index is 2.46. The number of piperazine rings is 1. The predicted octanol–water partition coefficient (Wildman–Crippen LogP) is 1.81. The first-order valence-electron chi connectivity index (χ1n) is 4.86. The van der Waals surface area contributed by atoms with E-state index in [1.807, 2.05) is 0 Å². The molecule has 0 saturated carbocycles. The van der Waals surface area contributed by atoms with Crippen LogP contribution in [0.1, 0.15) is 20.8 Å². The summed E-state index contributed by atoms with van der Waals surface area (Å²) >= 11 is 5.65. The number of hydrogen-bond acceptors (Lipinski definition) is 2. The molecule has 0 amide bonds. The molecule has 3 heteroatoms. The first-order valence-corrected chi connectivity index (χ1v) is 5.30. The first kappa shape index (κ1) is 11.0. The Morgan fingerprint density at radius 1 is 1.62 bits per heavy atom. The van der Waals surface area contributed by atoms with Crippen molar-refractivity contribution in [2.45, 2.75) is 32.9 Å². The van der Waals surface area contributed by atoms with E-state index in [0.717, 1.165) is 19.6 Å². The molecule has 0 aromatic rings. The fourth-order valence-electron chi connectivity index (χ4n) is 1.67. The van der Waals surface area contributed by atoms with Crippen LogP contribution in [0.15, 0.2) is 11.1 Å². The lowest BCUT2D eigenvalue weighted by molar-refractivity contribution is 0.159. The second-order valence-electron chi connectivity index (χ2n) is 4.04. The van der Waals surface area contributed by atoms with E-state index in [0.29, 0.717) is 12.1 Å². The van der Waals surface area contributed by atoms with Gasteiger partial charge in [-0.05, 0) is 26.3 Å². The van der Waals surface area contributed by atoms with Gasteiger partial charge in [0.1, 0.15) is 0 Å². The van der Waals surface area contributed by atoms with Gasteiger partial charge in [-0.15, -0.1) is 0 Å². The van der Waals surface area contributed by atoms with E-state index in [2.05, 4.69) is 31.0 Å². The lowest BCUT2D eigenvalue weighted by Gasteiger charge is -2.37. The van der Waals surface area contributed by atoms with Gasteiger partial charge in [0.25, 0.3) is 0 Å². The molecule has 13 heavy (non-hydrogen) atoms. The van der Waals surface area contributed by atoms with Crippen LogP contribution in [0.5, 0.6) is 0 Å². The molecule has 1 saturated heterocycles. The van der Waals surface area contributed by atoms with Gasteiger partial charge in [0.2, 0.25) is 0 Å². The Morgan fingerprint density at radius 3 is 2.92 bits per heavy atom. The number of nitrogens with one attached hydrogen (secondary N) is 1. The van der Waals surface area contributed by atoms with Crippen molar-refractivity contribution >= 4 is 11.6 Å². The van der Waals surface area contributed by atoms with Gasteiger partial charge in [-0.25, -0.2) is 0 Å². The summed E-state index contributed by atoms with van der Waals surface area (Å²) in [5, 5.41) is 3.46. The molecule has 0 spiro atoms. The van der Waals surface area contributed by atoms with Crippen LogP contribution in [-0.4, -0.2) is 36.6 Å². The average Bonchev–Trinajstić information content (AvgIpc) is 2.11. The third-order valence-electron chi connectivity index (χ3n) is 2.53. The van der Waals surface area contributed by atoms with Crippen LogP contribution in [-0.2, 0) is 0 Å². The molecule has 1 fully saturated rings. The van der Waals surface area contributed by atoms with Gasteiger partial charge in [0.05, 0.1) is 0 Å². The molecule has 0 aliphatic carbocycles. The van der Waals surface area contributed by atoms with Gasteiger partial charge in [0.15, 0.2) is 0 Å². The van der Waals surface area contributed by atoms with Crippen LogP contribution in [0.3, 0.4) is 0 Å². The molecule has 2 atom stereocenters. The van der Waals surface area contributed by atoms with Gasteiger partial charge in [-0.1, -0.05) is 11.6 Å². The van der Waals surface area contributed by atoms with E-state index in [1.165, 1.54) is 5.57 Å². The smallest absolute Gasteiger partial charge is 0.0205 e. The van der Waals surface area contributed by atoms with Crippen molar-refractivity contribution < 1.29 is 0 Å². The van der Waals surface area contributed by atoms with E-state index in [1.54, 1.807) is 5.54 Å². The summed E-state index contributed by atoms with van der Waals surface area (Å²) in [4.78, 5) is 2.47. The lowest BCUT2D eigenvalue weighted by Crippen LogP contribution is -2.54. The summed E-state index contributed by atoms with van der Waals surface area (Å²) in [6, 6.07) is 1.21. The molecule has 76 valence electrons. The van der Waals surface area contributed by atoms with Crippen LogP contribution in [0.4, 0.5) is 0 Å². The number of rotatable bonds is 2. The van der Waals surface area contributed by atoms with Crippen molar-refractivity contribution in [3.05, 3.63) is 11.1 Å². The highest BCUT2D eigenvalue weighted by Gasteiger charge is 2.21. The highest BCUT2D eigenvalue weighted by molar-refractivity contribution is 6.25. The van der Waals surface area contributed by atoms with Crippen LogP contribution in [0.2, 0.25) is 0 Å². The Kier molecular flexibility index (Phi) is 4.23. The van der Waals surface area contributed by atoms with E-state index in [9.17, 15) is 0 Å². The van der Waals surface area contributed by atoms with Gasteiger partial charge in [0, 0.05) is 37.3 Å². The first-order chi connectivity index (χ1) is 6.13. The summed E-state index contributed by atoms with van der Waals surface area (Å²) in [5.41, 5.74) is 2.92. The minimum absolute atomic E-state index is 0.597. The molecule has 1 aliphatic rings. The molecular formula is C10H19ClN2. The minimum Gasteiger partial charge on any atom is -0.311 e. The fourth-order valence-corrected chi connectivity index (χ4v) is 1.74. The molecule has 1 rings (SSSR count). The van der Waals surface area contributed by atoms with E-state index >= 15 is 0 Å². The van der Waals surface area contributed by atoms with Gasteiger partial charge in [-0.2, -0.15) is 0 Å². The van der Waals surface area contributed by atoms with Crippen molar-refractivity contribution in [1.29, 1.82) is 0 Å². The molecule has 2 nitrogen and oxygen atoms in total. The molecular weight excluding hydrogens is 184 g/mol. The van der Waals surface area contributed by atoms with Crippen LogP contribution in [0, 0.1) is 0 Å². The summed E-state index contributed by atoms with van der Waals surface area (Å²) in [5.74, 6) is 0. The van der Waals surface area contributed by atoms with Crippen molar-refractivity contribution in [2.75, 3.05) is 19.6 Å². The topological polar surface area (TPSA) is 15.3 Å². The van der Waals surface area contributed by atoms with Crippen molar-refractivity contribution in [3.63, 3.8) is 0 Å². The molecule has 0 radical (unpaired) electrons. The maximum absolute atomic E-state index is 5.65.